The summed E-state index contributed by atoms with van der Waals surface area (Å²) in [6.45, 7) is 0. The van der Waals surface area contributed by atoms with Crippen molar-refractivity contribution in [2.75, 3.05) is 11.5 Å². The number of nitrogens with zero attached hydrogens (tertiary/aromatic N) is 3. The highest BCUT2D eigenvalue weighted by atomic mass is 32.2. The number of anilines is 1. The Kier molecular flexibility index (Phi) is 3.83. The molecule has 0 spiro atoms. The van der Waals surface area contributed by atoms with Gasteiger partial charge in [0.05, 0.1) is 11.8 Å². The van der Waals surface area contributed by atoms with Crippen molar-refractivity contribution in [1.29, 1.82) is 0 Å². The molecule has 7 heteroatoms. The van der Waals surface area contributed by atoms with E-state index in [1.165, 1.54) is 11.1 Å². The number of aliphatic carboxylic acids is 1. The van der Waals surface area contributed by atoms with E-state index in [0.717, 1.165) is 31.0 Å². The van der Waals surface area contributed by atoms with Gasteiger partial charge in [-0.2, -0.15) is 0 Å². The van der Waals surface area contributed by atoms with Gasteiger partial charge in [0.25, 0.3) is 0 Å². The molecule has 3 N–H and O–H groups in total. The van der Waals surface area contributed by atoms with Crippen LogP contribution in [0.1, 0.15) is 30.0 Å². The largest absolute Gasteiger partial charge is 0.481 e. The van der Waals surface area contributed by atoms with Gasteiger partial charge in [0.1, 0.15) is 0 Å². The van der Waals surface area contributed by atoms with Gasteiger partial charge in [0.15, 0.2) is 5.16 Å². The van der Waals surface area contributed by atoms with Crippen molar-refractivity contribution in [3.05, 3.63) is 35.4 Å². The first-order chi connectivity index (χ1) is 10.2. The van der Waals surface area contributed by atoms with Crippen molar-refractivity contribution in [3.8, 4) is 0 Å². The molecule has 0 saturated carbocycles. The van der Waals surface area contributed by atoms with E-state index in [9.17, 15) is 4.79 Å². The number of hydrogen-bond acceptors (Lipinski definition) is 5. The molecule has 1 aliphatic carbocycles. The number of rotatable bonds is 4. The number of aromatic nitrogens is 3. The third-order valence-electron chi connectivity index (χ3n) is 3.67. The smallest absolute Gasteiger partial charge is 0.313 e. The van der Waals surface area contributed by atoms with Crippen molar-refractivity contribution in [3.63, 3.8) is 0 Å². The number of carbonyl (C=O) groups is 1. The summed E-state index contributed by atoms with van der Waals surface area (Å²) < 4.78 is 1.87. The van der Waals surface area contributed by atoms with Crippen molar-refractivity contribution in [2.45, 2.75) is 30.5 Å². The van der Waals surface area contributed by atoms with E-state index in [1.54, 1.807) is 0 Å². The first kappa shape index (κ1) is 13.9. The summed E-state index contributed by atoms with van der Waals surface area (Å²) in [7, 11) is 0. The number of nitrogens with two attached hydrogens (primary N) is 1. The van der Waals surface area contributed by atoms with E-state index >= 15 is 0 Å². The van der Waals surface area contributed by atoms with Crippen molar-refractivity contribution in [1.82, 2.24) is 14.8 Å². The molecule has 1 aromatic heterocycles. The molecule has 1 aliphatic rings. The molecule has 0 bridgehead atoms. The standard InChI is InChI=1S/C14H16N4O2S/c15-13-16-17-14(21-8-12(19)20)18(13)11-7-3-5-9-4-1-2-6-10(9)11/h1-2,4,6,11H,3,5,7-8H2,(H2,15,16)(H,19,20). The van der Waals surface area contributed by atoms with Crippen LogP contribution in [-0.2, 0) is 11.2 Å². The second-order valence-corrected chi connectivity index (χ2v) is 5.94. The molecule has 1 unspecified atom stereocenters. The van der Waals surface area contributed by atoms with Crippen LogP contribution in [0.5, 0.6) is 0 Å². The van der Waals surface area contributed by atoms with E-state index in [0.29, 0.717) is 11.1 Å². The highest BCUT2D eigenvalue weighted by Crippen LogP contribution is 2.36. The summed E-state index contributed by atoms with van der Waals surface area (Å²) >= 11 is 1.15. The molecule has 1 aromatic carbocycles. The predicted molar refractivity (Wildman–Crippen MR) is 80.3 cm³/mol. The van der Waals surface area contributed by atoms with Crippen LogP contribution < -0.4 is 5.73 Å². The fourth-order valence-electron chi connectivity index (χ4n) is 2.80. The maximum absolute atomic E-state index is 10.8. The Morgan fingerprint density at radius 1 is 1.43 bits per heavy atom. The molecule has 2 aromatic rings. The van der Waals surface area contributed by atoms with Gasteiger partial charge in [-0.25, -0.2) is 0 Å². The summed E-state index contributed by atoms with van der Waals surface area (Å²) in [6, 6.07) is 8.37. The Morgan fingerprint density at radius 3 is 3.05 bits per heavy atom. The first-order valence-corrected chi connectivity index (χ1v) is 7.78. The van der Waals surface area contributed by atoms with Gasteiger partial charge in [-0.3, -0.25) is 9.36 Å². The average molecular weight is 304 g/mol. The summed E-state index contributed by atoms with van der Waals surface area (Å²) in [5.74, 6) is -0.589. The van der Waals surface area contributed by atoms with Gasteiger partial charge >= 0.3 is 5.97 Å². The maximum atomic E-state index is 10.8. The maximum Gasteiger partial charge on any atom is 0.313 e. The Morgan fingerprint density at radius 2 is 2.24 bits per heavy atom. The van der Waals surface area contributed by atoms with Crippen LogP contribution in [-0.4, -0.2) is 31.6 Å². The van der Waals surface area contributed by atoms with Gasteiger partial charge in [-0.15, -0.1) is 10.2 Å². The molecule has 1 heterocycles. The number of carboxylic acids is 1. The van der Waals surface area contributed by atoms with E-state index in [2.05, 4.69) is 22.3 Å². The number of thioether (sulfide) groups is 1. The quantitative estimate of drug-likeness (QED) is 0.839. The lowest BCUT2D eigenvalue weighted by Crippen LogP contribution is -2.19. The lowest BCUT2D eigenvalue weighted by Gasteiger charge is -2.27. The average Bonchev–Trinajstić information content (AvgIpc) is 2.85. The van der Waals surface area contributed by atoms with Crippen LogP contribution in [0.4, 0.5) is 5.95 Å². The Labute approximate surface area is 126 Å². The lowest BCUT2D eigenvalue weighted by atomic mass is 9.87. The third kappa shape index (κ3) is 2.73. The number of nitrogen functional groups attached to an aromatic ring is 1. The Hall–Kier alpha value is -2.02. The normalized spacial score (nSPS) is 17.4. The van der Waals surface area contributed by atoms with Crippen LogP contribution >= 0.6 is 11.8 Å². The van der Waals surface area contributed by atoms with Crippen LogP contribution in [0.3, 0.4) is 0 Å². The minimum absolute atomic E-state index is 0.0491. The van der Waals surface area contributed by atoms with E-state index in [-0.39, 0.29) is 11.8 Å². The Bertz CT molecular complexity index is 671. The van der Waals surface area contributed by atoms with Crippen LogP contribution in [0, 0.1) is 0 Å². The van der Waals surface area contributed by atoms with E-state index in [1.807, 2.05) is 16.7 Å². The van der Waals surface area contributed by atoms with Gasteiger partial charge in [-0.1, -0.05) is 36.0 Å². The van der Waals surface area contributed by atoms with Crippen LogP contribution in [0.25, 0.3) is 0 Å². The second-order valence-electron chi connectivity index (χ2n) is 5.00. The number of benzene rings is 1. The zero-order valence-electron chi connectivity index (χ0n) is 11.4. The fourth-order valence-corrected chi connectivity index (χ4v) is 3.51. The molecule has 110 valence electrons. The Balaban J connectivity index is 1.98. The van der Waals surface area contributed by atoms with Gasteiger partial charge in [-0.05, 0) is 30.4 Å². The summed E-state index contributed by atoms with van der Waals surface area (Å²) in [5.41, 5.74) is 8.51. The number of hydrogen-bond donors (Lipinski definition) is 2. The topological polar surface area (TPSA) is 94.0 Å². The summed E-state index contributed by atoms with van der Waals surface area (Å²) in [6.07, 6.45) is 3.09. The van der Waals surface area contributed by atoms with Crippen molar-refractivity contribution >= 4 is 23.7 Å². The van der Waals surface area contributed by atoms with Crippen LogP contribution in [0.2, 0.25) is 0 Å². The monoisotopic (exact) mass is 304 g/mol. The predicted octanol–water partition coefficient (Wildman–Crippen LogP) is 1.96. The van der Waals surface area contributed by atoms with E-state index < -0.39 is 5.97 Å². The molecule has 1 atom stereocenters. The highest BCUT2D eigenvalue weighted by Gasteiger charge is 2.26. The van der Waals surface area contributed by atoms with Gasteiger partial charge in [0.2, 0.25) is 5.95 Å². The highest BCUT2D eigenvalue weighted by molar-refractivity contribution is 7.99. The summed E-state index contributed by atoms with van der Waals surface area (Å²) in [5, 5.41) is 17.3. The molecular formula is C14H16N4O2S. The van der Waals surface area contributed by atoms with Crippen LogP contribution in [0.15, 0.2) is 29.4 Å². The molecule has 6 nitrogen and oxygen atoms in total. The molecule has 0 saturated heterocycles. The molecule has 21 heavy (non-hydrogen) atoms. The second kappa shape index (κ2) is 5.77. The minimum atomic E-state index is -0.878. The number of aryl methyl sites for hydroxylation is 1. The zero-order valence-corrected chi connectivity index (χ0v) is 12.2. The molecule has 0 aliphatic heterocycles. The van der Waals surface area contributed by atoms with E-state index in [4.69, 9.17) is 10.8 Å². The number of fused-ring (bicyclic) bond motifs is 1. The number of carboxylic acid groups (broad SMARTS) is 1. The SMILES string of the molecule is Nc1nnc(SCC(=O)O)n1C1CCCc2ccccc21. The summed E-state index contributed by atoms with van der Waals surface area (Å²) in [4.78, 5) is 10.8. The van der Waals surface area contributed by atoms with Crippen molar-refractivity contribution < 1.29 is 9.90 Å². The molecule has 3 rings (SSSR count). The molecule has 0 fully saturated rings. The lowest BCUT2D eigenvalue weighted by molar-refractivity contribution is -0.133. The molecular weight excluding hydrogens is 288 g/mol. The first-order valence-electron chi connectivity index (χ1n) is 6.79. The molecule has 0 radical (unpaired) electrons. The third-order valence-corrected chi connectivity index (χ3v) is 4.59. The fraction of sp³-hybridized carbons (Fsp3) is 0.357. The van der Waals surface area contributed by atoms with Gasteiger partial charge < -0.3 is 10.8 Å². The van der Waals surface area contributed by atoms with Crippen molar-refractivity contribution in [2.24, 2.45) is 0 Å². The van der Waals surface area contributed by atoms with Gasteiger partial charge in [0, 0.05) is 0 Å². The minimum Gasteiger partial charge on any atom is -0.481 e. The molecule has 0 amide bonds. The zero-order chi connectivity index (χ0) is 14.8.